The Morgan fingerprint density at radius 2 is 2.06 bits per heavy atom. The average molecular weight is 232 g/mol. The van der Waals surface area contributed by atoms with Gasteiger partial charge >= 0.3 is 5.97 Å². The summed E-state index contributed by atoms with van der Waals surface area (Å²) in [6, 6.07) is 7.95. The van der Waals surface area contributed by atoms with Crippen LogP contribution in [0.4, 0.5) is 0 Å². The third-order valence-electron chi connectivity index (χ3n) is 3.47. The van der Waals surface area contributed by atoms with Crippen LogP contribution in [-0.4, -0.2) is 12.6 Å². The van der Waals surface area contributed by atoms with Crippen LogP contribution in [0.3, 0.4) is 0 Å². The van der Waals surface area contributed by atoms with Gasteiger partial charge in [-0.1, -0.05) is 31.4 Å². The van der Waals surface area contributed by atoms with Crippen molar-refractivity contribution in [2.75, 3.05) is 6.61 Å². The molecule has 0 aliphatic heterocycles. The zero-order valence-corrected chi connectivity index (χ0v) is 10.4. The normalized spacial score (nSPS) is 16.8. The van der Waals surface area contributed by atoms with Crippen molar-refractivity contribution in [3.8, 4) is 0 Å². The van der Waals surface area contributed by atoms with Gasteiger partial charge in [0.05, 0.1) is 12.2 Å². The first kappa shape index (κ1) is 12.2. The number of carbonyl (C=O) groups is 1. The van der Waals surface area contributed by atoms with Crippen molar-refractivity contribution in [1.29, 1.82) is 0 Å². The second kappa shape index (κ2) is 5.85. The lowest BCUT2D eigenvalue weighted by Crippen LogP contribution is -2.08. The fourth-order valence-corrected chi connectivity index (χ4v) is 2.57. The van der Waals surface area contributed by atoms with E-state index in [9.17, 15) is 4.79 Å². The summed E-state index contributed by atoms with van der Waals surface area (Å²) < 4.78 is 5.03. The number of hydrogen-bond donors (Lipinski definition) is 0. The number of rotatable bonds is 3. The standard InChI is InChI=1S/C15H20O2/c1-2-17-15(16)14-10-6-9-13(11-14)12-7-4-3-5-8-12/h6,9-12H,2-5,7-8H2,1H3. The maximum absolute atomic E-state index is 11.7. The molecule has 0 spiro atoms. The highest BCUT2D eigenvalue weighted by molar-refractivity contribution is 5.89. The van der Waals surface area contributed by atoms with Crippen LogP contribution in [0.5, 0.6) is 0 Å². The number of ether oxygens (including phenoxy) is 1. The van der Waals surface area contributed by atoms with Crippen LogP contribution in [0.25, 0.3) is 0 Å². The molecule has 0 radical (unpaired) electrons. The summed E-state index contributed by atoms with van der Waals surface area (Å²) >= 11 is 0. The smallest absolute Gasteiger partial charge is 0.338 e. The minimum atomic E-state index is -0.204. The van der Waals surface area contributed by atoms with E-state index >= 15 is 0 Å². The van der Waals surface area contributed by atoms with Crippen molar-refractivity contribution in [2.45, 2.75) is 44.9 Å². The molecule has 1 aliphatic carbocycles. The second-order valence-corrected chi connectivity index (χ2v) is 4.68. The average Bonchev–Trinajstić information content (AvgIpc) is 2.40. The number of benzene rings is 1. The Bertz CT molecular complexity index is 378. The van der Waals surface area contributed by atoms with Crippen molar-refractivity contribution < 1.29 is 9.53 Å². The molecular weight excluding hydrogens is 212 g/mol. The minimum absolute atomic E-state index is 0.204. The zero-order chi connectivity index (χ0) is 12.1. The van der Waals surface area contributed by atoms with E-state index in [1.54, 1.807) is 0 Å². The van der Waals surface area contributed by atoms with Gasteiger partial charge in [-0.3, -0.25) is 0 Å². The lowest BCUT2D eigenvalue weighted by Gasteiger charge is -2.22. The van der Waals surface area contributed by atoms with Crippen molar-refractivity contribution >= 4 is 5.97 Å². The molecule has 0 amide bonds. The van der Waals surface area contributed by atoms with Crippen LogP contribution in [-0.2, 0) is 4.74 Å². The predicted octanol–water partition coefficient (Wildman–Crippen LogP) is 3.91. The Morgan fingerprint density at radius 1 is 1.29 bits per heavy atom. The van der Waals surface area contributed by atoms with Crippen molar-refractivity contribution in [3.05, 3.63) is 35.4 Å². The number of esters is 1. The Kier molecular flexibility index (Phi) is 4.18. The SMILES string of the molecule is CCOC(=O)c1cccc(C2CCCCC2)c1. The Labute approximate surface area is 103 Å². The van der Waals surface area contributed by atoms with Crippen molar-refractivity contribution in [1.82, 2.24) is 0 Å². The molecule has 0 heterocycles. The molecule has 0 aromatic heterocycles. The molecule has 2 rings (SSSR count). The van der Waals surface area contributed by atoms with E-state index in [4.69, 9.17) is 4.74 Å². The lowest BCUT2D eigenvalue weighted by molar-refractivity contribution is 0.0526. The summed E-state index contributed by atoms with van der Waals surface area (Å²) in [6.45, 7) is 2.27. The molecule has 1 saturated carbocycles. The summed E-state index contributed by atoms with van der Waals surface area (Å²) in [7, 11) is 0. The van der Waals surface area contributed by atoms with Crippen LogP contribution >= 0.6 is 0 Å². The van der Waals surface area contributed by atoms with Crippen molar-refractivity contribution in [2.24, 2.45) is 0 Å². The highest BCUT2D eigenvalue weighted by atomic mass is 16.5. The van der Waals surface area contributed by atoms with Gasteiger partial charge in [-0.15, -0.1) is 0 Å². The van der Waals surface area contributed by atoms with Gasteiger partial charge in [-0.2, -0.15) is 0 Å². The van der Waals surface area contributed by atoms with E-state index in [1.807, 2.05) is 25.1 Å². The summed E-state index contributed by atoms with van der Waals surface area (Å²) in [4.78, 5) is 11.7. The van der Waals surface area contributed by atoms with Gasteiger partial charge in [0.25, 0.3) is 0 Å². The summed E-state index contributed by atoms with van der Waals surface area (Å²) in [5, 5.41) is 0. The molecule has 1 aromatic carbocycles. The van der Waals surface area contributed by atoms with E-state index in [0.29, 0.717) is 18.1 Å². The van der Waals surface area contributed by atoms with Gasteiger partial charge in [-0.05, 0) is 43.4 Å². The maximum atomic E-state index is 11.7. The minimum Gasteiger partial charge on any atom is -0.462 e. The molecule has 1 aliphatic rings. The molecule has 0 saturated heterocycles. The highest BCUT2D eigenvalue weighted by Crippen LogP contribution is 2.32. The molecule has 2 nitrogen and oxygen atoms in total. The van der Waals surface area contributed by atoms with Gasteiger partial charge in [0.1, 0.15) is 0 Å². The largest absolute Gasteiger partial charge is 0.462 e. The van der Waals surface area contributed by atoms with E-state index in [1.165, 1.54) is 37.7 Å². The zero-order valence-electron chi connectivity index (χ0n) is 10.4. The van der Waals surface area contributed by atoms with Gasteiger partial charge in [0.15, 0.2) is 0 Å². The quantitative estimate of drug-likeness (QED) is 0.738. The fourth-order valence-electron chi connectivity index (χ4n) is 2.57. The lowest BCUT2D eigenvalue weighted by atomic mass is 9.84. The third-order valence-corrected chi connectivity index (χ3v) is 3.47. The molecule has 2 heteroatoms. The monoisotopic (exact) mass is 232 g/mol. The predicted molar refractivity (Wildman–Crippen MR) is 68.2 cm³/mol. The summed E-state index contributed by atoms with van der Waals surface area (Å²) in [5.74, 6) is 0.434. The maximum Gasteiger partial charge on any atom is 0.338 e. The highest BCUT2D eigenvalue weighted by Gasteiger charge is 2.16. The van der Waals surface area contributed by atoms with E-state index in [2.05, 4.69) is 6.07 Å². The molecular formula is C15H20O2. The Balaban J connectivity index is 2.12. The molecule has 0 unspecified atom stereocenters. The number of carbonyl (C=O) groups excluding carboxylic acids is 1. The Morgan fingerprint density at radius 3 is 2.76 bits per heavy atom. The van der Waals surface area contributed by atoms with Crippen LogP contribution < -0.4 is 0 Å². The van der Waals surface area contributed by atoms with Crippen LogP contribution in [0.2, 0.25) is 0 Å². The molecule has 0 bridgehead atoms. The summed E-state index contributed by atoms with van der Waals surface area (Å²) in [6.07, 6.45) is 6.50. The van der Waals surface area contributed by atoms with E-state index < -0.39 is 0 Å². The fraction of sp³-hybridized carbons (Fsp3) is 0.533. The van der Waals surface area contributed by atoms with Crippen LogP contribution in [0.15, 0.2) is 24.3 Å². The molecule has 17 heavy (non-hydrogen) atoms. The molecule has 1 fully saturated rings. The van der Waals surface area contributed by atoms with Gasteiger partial charge < -0.3 is 4.74 Å². The first-order chi connectivity index (χ1) is 8.31. The topological polar surface area (TPSA) is 26.3 Å². The van der Waals surface area contributed by atoms with E-state index in [0.717, 1.165) is 0 Å². The third kappa shape index (κ3) is 3.09. The Hall–Kier alpha value is -1.31. The van der Waals surface area contributed by atoms with Gasteiger partial charge in [-0.25, -0.2) is 4.79 Å². The van der Waals surface area contributed by atoms with Gasteiger partial charge in [0, 0.05) is 0 Å². The van der Waals surface area contributed by atoms with Gasteiger partial charge in [0.2, 0.25) is 0 Å². The summed E-state index contributed by atoms with van der Waals surface area (Å²) in [5.41, 5.74) is 1.99. The van der Waals surface area contributed by atoms with Crippen molar-refractivity contribution in [3.63, 3.8) is 0 Å². The molecule has 92 valence electrons. The molecule has 0 atom stereocenters. The second-order valence-electron chi connectivity index (χ2n) is 4.68. The first-order valence-electron chi connectivity index (χ1n) is 6.58. The van der Waals surface area contributed by atoms with Crippen LogP contribution in [0, 0.1) is 0 Å². The molecule has 1 aromatic rings. The van der Waals surface area contributed by atoms with Crippen LogP contribution in [0.1, 0.15) is 60.9 Å². The number of hydrogen-bond acceptors (Lipinski definition) is 2. The molecule has 0 N–H and O–H groups in total. The first-order valence-corrected chi connectivity index (χ1v) is 6.58. The van der Waals surface area contributed by atoms with E-state index in [-0.39, 0.29) is 5.97 Å².